The first-order valence-corrected chi connectivity index (χ1v) is 3.52. The fraction of sp³-hybridized carbons (Fsp3) is 0.750. The summed E-state index contributed by atoms with van der Waals surface area (Å²) in [6, 6.07) is 0. The first-order valence-electron chi connectivity index (χ1n) is 3.52. The molecule has 0 aliphatic heterocycles. The molecule has 0 bridgehead atoms. The zero-order valence-electron chi connectivity index (χ0n) is 6.40. The van der Waals surface area contributed by atoms with E-state index in [-0.39, 0.29) is 18.8 Å². The molecule has 0 aromatic carbocycles. The minimum Gasteiger partial charge on any atom is -0.315 e. The Morgan fingerprint density at radius 1 is 1.64 bits per heavy atom. The average molecular weight is 159 g/mol. The van der Waals surface area contributed by atoms with Gasteiger partial charge in [0.15, 0.2) is 0 Å². The molecule has 0 radical (unpaired) electrons. The topological polar surface area (TPSA) is 26.0 Å². The van der Waals surface area contributed by atoms with Crippen LogP contribution in [0.2, 0.25) is 0 Å². The lowest BCUT2D eigenvalue weighted by atomic mass is 9.70. The number of rotatable bonds is 1. The Hall–Kier alpha value is -0.620. The first-order chi connectivity index (χ1) is 4.87. The normalized spacial score (nSPS) is 28.3. The van der Waals surface area contributed by atoms with Crippen LogP contribution in [0.1, 0.15) is 19.8 Å². The quantitative estimate of drug-likeness (QED) is 0.575. The lowest BCUT2D eigenvalue weighted by molar-refractivity contribution is -0.122. The van der Waals surface area contributed by atoms with Gasteiger partial charge < -0.3 is 5.73 Å². The van der Waals surface area contributed by atoms with Gasteiger partial charge in [0, 0.05) is 12.8 Å². The van der Waals surface area contributed by atoms with Crippen molar-refractivity contribution in [1.82, 2.24) is 0 Å². The van der Waals surface area contributed by atoms with Crippen LogP contribution < -0.4 is 5.73 Å². The van der Waals surface area contributed by atoms with Crippen LogP contribution in [-0.4, -0.2) is 11.5 Å². The molecular weight excluding hydrogens is 148 g/mol. The molecule has 0 heterocycles. The van der Waals surface area contributed by atoms with Gasteiger partial charge in [0.1, 0.15) is 0 Å². The number of halogens is 2. The van der Waals surface area contributed by atoms with Crippen molar-refractivity contribution in [2.45, 2.75) is 31.2 Å². The second-order valence-electron chi connectivity index (χ2n) is 3.39. The predicted octanol–water partition coefficient (Wildman–Crippen LogP) is 1.38. The van der Waals surface area contributed by atoms with Crippen LogP contribution in [0.5, 0.6) is 0 Å². The summed E-state index contributed by atoms with van der Waals surface area (Å²) < 4.78 is 24.7. The summed E-state index contributed by atoms with van der Waals surface area (Å²) in [4.78, 5) is 0. The van der Waals surface area contributed by atoms with Crippen LogP contribution in [0.3, 0.4) is 0 Å². The smallest absolute Gasteiger partial charge is 0.248 e. The van der Waals surface area contributed by atoms with Crippen molar-refractivity contribution in [3.05, 3.63) is 0 Å². The van der Waals surface area contributed by atoms with Gasteiger partial charge in [0.05, 0.1) is 5.54 Å². The van der Waals surface area contributed by atoms with E-state index in [1.165, 1.54) is 0 Å². The van der Waals surface area contributed by atoms with Crippen molar-refractivity contribution in [3.8, 4) is 12.3 Å². The molecule has 1 atom stereocenters. The van der Waals surface area contributed by atoms with Gasteiger partial charge in [-0.05, 0) is 12.8 Å². The number of nitrogens with two attached hydrogens (primary N) is 1. The largest absolute Gasteiger partial charge is 0.315 e. The Morgan fingerprint density at radius 2 is 2.09 bits per heavy atom. The molecule has 1 nitrogen and oxygen atoms in total. The van der Waals surface area contributed by atoms with Crippen molar-refractivity contribution >= 4 is 0 Å². The van der Waals surface area contributed by atoms with E-state index in [2.05, 4.69) is 5.92 Å². The fourth-order valence-electron chi connectivity index (χ4n) is 1.20. The monoisotopic (exact) mass is 159 g/mol. The Labute approximate surface area is 65.0 Å². The van der Waals surface area contributed by atoms with Crippen molar-refractivity contribution < 1.29 is 8.78 Å². The standard InChI is InChI=1S/C8H11F2N/c1-3-7(2,11)6-4-8(9,10)5-6/h1,6H,4-5,11H2,2H3. The molecule has 1 unspecified atom stereocenters. The van der Waals surface area contributed by atoms with Crippen LogP contribution in [0.4, 0.5) is 8.78 Å². The van der Waals surface area contributed by atoms with Gasteiger partial charge in [-0.2, -0.15) is 0 Å². The van der Waals surface area contributed by atoms with Crippen molar-refractivity contribution in [1.29, 1.82) is 0 Å². The Bertz CT molecular complexity index is 195. The molecule has 1 aliphatic rings. The van der Waals surface area contributed by atoms with E-state index < -0.39 is 11.5 Å². The highest BCUT2D eigenvalue weighted by Gasteiger charge is 2.51. The maximum absolute atomic E-state index is 12.3. The van der Waals surface area contributed by atoms with Crippen molar-refractivity contribution in [2.24, 2.45) is 11.7 Å². The molecule has 62 valence electrons. The molecule has 0 aromatic heterocycles. The molecule has 1 saturated carbocycles. The summed E-state index contributed by atoms with van der Waals surface area (Å²) in [6.45, 7) is 1.62. The molecule has 2 N–H and O–H groups in total. The lowest BCUT2D eigenvalue weighted by Crippen LogP contribution is -2.53. The maximum Gasteiger partial charge on any atom is 0.248 e. The average Bonchev–Trinajstić information content (AvgIpc) is 1.83. The van der Waals surface area contributed by atoms with Gasteiger partial charge in [-0.3, -0.25) is 0 Å². The number of alkyl halides is 2. The summed E-state index contributed by atoms with van der Waals surface area (Å²) in [7, 11) is 0. The van der Waals surface area contributed by atoms with Gasteiger partial charge in [-0.15, -0.1) is 6.42 Å². The van der Waals surface area contributed by atoms with E-state index in [1.54, 1.807) is 6.92 Å². The molecule has 3 heteroatoms. The van der Waals surface area contributed by atoms with E-state index >= 15 is 0 Å². The highest BCUT2D eigenvalue weighted by Crippen LogP contribution is 2.46. The summed E-state index contributed by atoms with van der Waals surface area (Å²) >= 11 is 0. The lowest BCUT2D eigenvalue weighted by Gasteiger charge is -2.42. The number of hydrogen-bond donors (Lipinski definition) is 1. The number of hydrogen-bond acceptors (Lipinski definition) is 1. The van der Waals surface area contributed by atoms with Crippen LogP contribution in [0, 0.1) is 18.3 Å². The van der Waals surface area contributed by atoms with Crippen LogP contribution in [0.15, 0.2) is 0 Å². The molecular formula is C8H11F2N. The van der Waals surface area contributed by atoms with Crippen LogP contribution >= 0.6 is 0 Å². The Balaban J connectivity index is 2.52. The third-order valence-corrected chi connectivity index (χ3v) is 2.25. The SMILES string of the molecule is C#CC(C)(N)C1CC(F)(F)C1. The van der Waals surface area contributed by atoms with E-state index in [0.29, 0.717) is 0 Å². The van der Waals surface area contributed by atoms with Crippen LogP contribution in [-0.2, 0) is 0 Å². The minimum atomic E-state index is -2.53. The molecule has 1 fully saturated rings. The maximum atomic E-state index is 12.3. The highest BCUT2D eigenvalue weighted by molar-refractivity contribution is 5.15. The van der Waals surface area contributed by atoms with Gasteiger partial charge >= 0.3 is 0 Å². The molecule has 0 aromatic rings. The second-order valence-corrected chi connectivity index (χ2v) is 3.39. The molecule has 11 heavy (non-hydrogen) atoms. The second kappa shape index (κ2) is 2.18. The van der Waals surface area contributed by atoms with Crippen molar-refractivity contribution in [2.75, 3.05) is 0 Å². The summed E-state index contributed by atoms with van der Waals surface area (Å²) in [5.41, 5.74) is 4.71. The van der Waals surface area contributed by atoms with E-state index in [9.17, 15) is 8.78 Å². The molecule has 1 aliphatic carbocycles. The minimum absolute atomic E-state index is 0.163. The van der Waals surface area contributed by atoms with Gasteiger partial charge in [0.2, 0.25) is 5.92 Å². The zero-order valence-corrected chi connectivity index (χ0v) is 6.40. The van der Waals surface area contributed by atoms with Gasteiger partial charge in [0.25, 0.3) is 0 Å². The summed E-state index contributed by atoms with van der Waals surface area (Å²) in [5.74, 6) is -0.420. The van der Waals surface area contributed by atoms with Gasteiger partial charge in [-0.25, -0.2) is 8.78 Å². The molecule has 0 amide bonds. The fourth-order valence-corrected chi connectivity index (χ4v) is 1.20. The Kier molecular flexibility index (Phi) is 1.68. The van der Waals surface area contributed by atoms with E-state index in [1.807, 2.05) is 0 Å². The zero-order chi connectivity index (χ0) is 8.70. The molecule has 0 spiro atoms. The van der Waals surface area contributed by atoms with Crippen molar-refractivity contribution in [3.63, 3.8) is 0 Å². The Morgan fingerprint density at radius 3 is 2.36 bits per heavy atom. The van der Waals surface area contributed by atoms with E-state index in [0.717, 1.165) is 0 Å². The molecule has 1 rings (SSSR count). The predicted molar refractivity (Wildman–Crippen MR) is 39.1 cm³/mol. The third kappa shape index (κ3) is 1.51. The summed E-state index contributed by atoms with van der Waals surface area (Å²) in [6.07, 6.45) is 4.76. The summed E-state index contributed by atoms with van der Waals surface area (Å²) in [5, 5.41) is 0. The highest BCUT2D eigenvalue weighted by atomic mass is 19.3. The third-order valence-electron chi connectivity index (χ3n) is 2.25. The molecule has 0 saturated heterocycles. The van der Waals surface area contributed by atoms with Crippen LogP contribution in [0.25, 0.3) is 0 Å². The van der Waals surface area contributed by atoms with E-state index in [4.69, 9.17) is 12.2 Å². The first kappa shape index (κ1) is 8.48. The number of terminal acetylenes is 1. The van der Waals surface area contributed by atoms with Gasteiger partial charge in [-0.1, -0.05) is 5.92 Å².